The zero-order chi connectivity index (χ0) is 19.8. The van der Waals surface area contributed by atoms with E-state index in [-0.39, 0.29) is 17.8 Å². The summed E-state index contributed by atoms with van der Waals surface area (Å²) >= 11 is 0. The van der Waals surface area contributed by atoms with Crippen LogP contribution in [0.5, 0.6) is 0 Å². The third kappa shape index (κ3) is 3.55. The second-order valence-corrected chi connectivity index (χ2v) is 7.38. The fraction of sp³-hybridized carbons (Fsp3) is 0.450. The van der Waals surface area contributed by atoms with Gasteiger partial charge >= 0.3 is 5.97 Å². The molecule has 1 aromatic rings. The molecule has 0 bridgehead atoms. The molecule has 0 unspecified atom stereocenters. The highest BCUT2D eigenvalue weighted by Crippen LogP contribution is 2.59. The Labute approximate surface area is 150 Å². The predicted molar refractivity (Wildman–Crippen MR) is 90.2 cm³/mol. The summed E-state index contributed by atoms with van der Waals surface area (Å²) in [5.41, 5.74) is -0.969. The zero-order valence-corrected chi connectivity index (χ0v) is 15.3. The molecule has 26 heavy (non-hydrogen) atoms. The van der Waals surface area contributed by atoms with Gasteiger partial charge in [0.15, 0.2) is 23.3 Å². The van der Waals surface area contributed by atoms with E-state index in [2.05, 4.69) is 6.58 Å². The lowest BCUT2D eigenvalue weighted by molar-refractivity contribution is -0.147. The van der Waals surface area contributed by atoms with E-state index in [1.165, 1.54) is 0 Å². The highest BCUT2D eigenvalue weighted by atomic mass is 19.2. The smallest absolute Gasteiger partial charge is 0.310 e. The predicted octanol–water partition coefficient (Wildman–Crippen LogP) is 5.25. The molecule has 0 amide bonds. The lowest BCUT2D eigenvalue weighted by Gasteiger charge is -2.12. The average Bonchev–Trinajstić information content (AvgIpc) is 3.09. The Kier molecular flexibility index (Phi) is 5.64. The van der Waals surface area contributed by atoms with Crippen LogP contribution >= 0.6 is 0 Å². The summed E-state index contributed by atoms with van der Waals surface area (Å²) in [5, 5.41) is 0. The molecule has 2 rings (SSSR count). The van der Waals surface area contributed by atoms with Crippen LogP contribution in [0.4, 0.5) is 17.6 Å². The van der Waals surface area contributed by atoms with Crippen LogP contribution in [0, 0.1) is 40.5 Å². The molecule has 1 aromatic carbocycles. The number of hydrogen-bond donors (Lipinski definition) is 0. The number of allylic oxidation sites excluding steroid dienone is 3. The highest BCUT2D eigenvalue weighted by Gasteiger charge is 2.61. The Bertz CT molecular complexity index is 748. The van der Waals surface area contributed by atoms with Crippen LogP contribution in [0.3, 0.4) is 0 Å². The molecule has 0 N–H and O–H groups in total. The first-order chi connectivity index (χ1) is 12.0. The number of benzene rings is 1. The number of halogens is 4. The average molecular weight is 370 g/mol. The normalized spacial score (nSPS) is 20.5. The molecular weight excluding hydrogens is 348 g/mol. The molecule has 1 aliphatic carbocycles. The minimum atomic E-state index is -1.55. The van der Waals surface area contributed by atoms with Crippen molar-refractivity contribution < 1.29 is 27.1 Å². The van der Waals surface area contributed by atoms with E-state index in [1.54, 1.807) is 0 Å². The standard InChI is InChI=1S/C20H22F4O2/c1-6-7-11-15(21)17(23)12(18(24)16(11)22)9-26-19(25)14-13(8-10(2)3)20(14,4)5/h6,8,13-14H,1,7,9H2,2-5H3/t13-,14+/m1/s1. The summed E-state index contributed by atoms with van der Waals surface area (Å²) < 4.78 is 61.0. The van der Waals surface area contributed by atoms with Gasteiger partial charge in [0, 0.05) is 5.56 Å². The minimum absolute atomic E-state index is 0.0434. The molecule has 0 radical (unpaired) electrons. The topological polar surface area (TPSA) is 26.3 Å². The maximum absolute atomic E-state index is 14.1. The van der Waals surface area contributed by atoms with E-state index < -0.39 is 52.9 Å². The molecule has 1 saturated carbocycles. The van der Waals surface area contributed by atoms with E-state index in [4.69, 9.17) is 4.74 Å². The summed E-state index contributed by atoms with van der Waals surface area (Å²) in [4.78, 5) is 12.3. The van der Waals surface area contributed by atoms with Gasteiger partial charge in [0.25, 0.3) is 0 Å². The first-order valence-electron chi connectivity index (χ1n) is 8.30. The van der Waals surface area contributed by atoms with E-state index in [9.17, 15) is 22.4 Å². The van der Waals surface area contributed by atoms with Gasteiger partial charge in [-0.1, -0.05) is 31.6 Å². The lowest BCUT2D eigenvalue weighted by atomic mass is 10.1. The first kappa shape index (κ1) is 20.2. The summed E-state index contributed by atoms with van der Waals surface area (Å²) in [5.74, 6) is -7.24. The van der Waals surface area contributed by atoms with Gasteiger partial charge in [-0.05, 0) is 31.6 Å². The molecule has 6 heteroatoms. The van der Waals surface area contributed by atoms with Crippen LogP contribution in [0.2, 0.25) is 0 Å². The number of carbonyl (C=O) groups is 1. The maximum atomic E-state index is 14.1. The number of rotatable bonds is 6. The van der Waals surface area contributed by atoms with Crippen molar-refractivity contribution in [2.75, 3.05) is 0 Å². The minimum Gasteiger partial charge on any atom is -0.460 e. The molecule has 0 saturated heterocycles. The molecule has 142 valence electrons. The van der Waals surface area contributed by atoms with Gasteiger partial charge in [-0.15, -0.1) is 6.58 Å². The molecule has 2 nitrogen and oxygen atoms in total. The van der Waals surface area contributed by atoms with Gasteiger partial charge in [-0.3, -0.25) is 4.79 Å². The Morgan fingerprint density at radius 1 is 1.08 bits per heavy atom. The van der Waals surface area contributed by atoms with Gasteiger partial charge in [0.05, 0.1) is 11.5 Å². The molecule has 2 atom stereocenters. The van der Waals surface area contributed by atoms with E-state index in [0.29, 0.717) is 0 Å². The van der Waals surface area contributed by atoms with E-state index in [0.717, 1.165) is 11.6 Å². The summed E-state index contributed by atoms with van der Waals surface area (Å²) in [6, 6.07) is 0. The number of esters is 1. The van der Waals surface area contributed by atoms with Gasteiger partial charge in [0.1, 0.15) is 6.61 Å². The van der Waals surface area contributed by atoms with Gasteiger partial charge < -0.3 is 4.74 Å². The number of hydrogen-bond acceptors (Lipinski definition) is 2. The second kappa shape index (κ2) is 7.25. The fourth-order valence-electron chi connectivity index (χ4n) is 3.20. The van der Waals surface area contributed by atoms with Crippen LogP contribution in [0.25, 0.3) is 0 Å². The van der Waals surface area contributed by atoms with Gasteiger partial charge in [-0.25, -0.2) is 17.6 Å². The van der Waals surface area contributed by atoms with Gasteiger partial charge in [-0.2, -0.15) is 0 Å². The zero-order valence-electron chi connectivity index (χ0n) is 15.3. The third-order valence-electron chi connectivity index (χ3n) is 4.83. The van der Waals surface area contributed by atoms with Crippen molar-refractivity contribution in [2.24, 2.45) is 17.3 Å². The van der Waals surface area contributed by atoms with Crippen molar-refractivity contribution in [3.8, 4) is 0 Å². The van der Waals surface area contributed by atoms with E-state index >= 15 is 0 Å². The lowest BCUT2D eigenvalue weighted by Crippen LogP contribution is -2.14. The molecule has 0 aliphatic heterocycles. The number of ether oxygens (including phenoxy) is 1. The Morgan fingerprint density at radius 2 is 1.58 bits per heavy atom. The SMILES string of the molecule is C=CCc1c(F)c(F)c(COC(=O)[C@@H]2[C@@H](C=C(C)C)C2(C)C)c(F)c1F. The van der Waals surface area contributed by atoms with Crippen molar-refractivity contribution in [2.45, 2.75) is 40.7 Å². The Hall–Kier alpha value is -2.11. The van der Waals surface area contributed by atoms with Crippen LogP contribution < -0.4 is 0 Å². The van der Waals surface area contributed by atoms with Crippen LogP contribution in [0.1, 0.15) is 38.8 Å². The van der Waals surface area contributed by atoms with Crippen molar-refractivity contribution in [1.82, 2.24) is 0 Å². The monoisotopic (exact) mass is 370 g/mol. The third-order valence-corrected chi connectivity index (χ3v) is 4.83. The Balaban J connectivity index is 2.19. The van der Waals surface area contributed by atoms with Crippen molar-refractivity contribution in [3.05, 3.63) is 58.7 Å². The van der Waals surface area contributed by atoms with Crippen molar-refractivity contribution in [3.63, 3.8) is 0 Å². The second-order valence-electron chi connectivity index (χ2n) is 7.38. The highest BCUT2D eigenvalue weighted by molar-refractivity contribution is 5.78. The van der Waals surface area contributed by atoms with E-state index in [1.807, 2.05) is 33.8 Å². The number of carbonyl (C=O) groups excluding carboxylic acids is 1. The van der Waals surface area contributed by atoms with Crippen molar-refractivity contribution in [1.29, 1.82) is 0 Å². The first-order valence-corrected chi connectivity index (χ1v) is 8.30. The molecule has 0 aromatic heterocycles. The summed E-state index contributed by atoms with van der Waals surface area (Å²) in [6.07, 6.45) is 2.72. The van der Waals surface area contributed by atoms with Crippen LogP contribution in [0.15, 0.2) is 24.3 Å². The molecular formula is C20H22F4O2. The molecule has 1 fully saturated rings. The molecule has 0 spiro atoms. The largest absolute Gasteiger partial charge is 0.460 e. The molecule has 1 aliphatic rings. The van der Waals surface area contributed by atoms with Crippen molar-refractivity contribution >= 4 is 5.97 Å². The van der Waals surface area contributed by atoms with Crippen LogP contribution in [-0.4, -0.2) is 5.97 Å². The van der Waals surface area contributed by atoms with Gasteiger partial charge in [0.2, 0.25) is 0 Å². The van der Waals surface area contributed by atoms with Crippen LogP contribution in [-0.2, 0) is 22.6 Å². The quantitative estimate of drug-likeness (QED) is 0.296. The maximum Gasteiger partial charge on any atom is 0.310 e. The molecule has 0 heterocycles. The Morgan fingerprint density at radius 3 is 2.04 bits per heavy atom. The summed E-state index contributed by atoms with van der Waals surface area (Å²) in [6.45, 7) is 9.99. The summed E-state index contributed by atoms with van der Waals surface area (Å²) in [7, 11) is 0. The fourth-order valence-corrected chi connectivity index (χ4v) is 3.20.